The minimum Gasteiger partial charge on any atom is -0.492 e. The molecule has 1 atom stereocenters. The molecule has 4 N–H and O–H groups in total. The van der Waals surface area contributed by atoms with E-state index >= 15 is 0 Å². The van der Waals surface area contributed by atoms with E-state index in [2.05, 4.69) is 25.5 Å². The summed E-state index contributed by atoms with van der Waals surface area (Å²) < 4.78 is 34.2. The number of nitrogens with two attached hydrogens (primary N) is 1. The molecular weight excluding hydrogens is 604 g/mol. The minimum absolute atomic E-state index is 0.208. The van der Waals surface area contributed by atoms with Crippen LogP contribution in [-0.2, 0) is 21.9 Å². The Morgan fingerprint density at radius 3 is 2.46 bits per heavy atom. The molecule has 12 nitrogen and oxygen atoms in total. The summed E-state index contributed by atoms with van der Waals surface area (Å²) in [5.41, 5.74) is 12.0. The molecule has 1 amide bonds. The van der Waals surface area contributed by atoms with Crippen LogP contribution in [0.3, 0.4) is 0 Å². The molecular formula is C33H40N8O4S. The van der Waals surface area contributed by atoms with Crippen LogP contribution in [0.1, 0.15) is 59.6 Å². The standard InChI is InChI=1S/C33H40N8O4S/c1-21-12-13-22(32(42)36-26-17-23(33(2,3)4)18-27(31(26)45-5)38-46(6,43)44)16-30(21)40-20-28(37-39-40)25-19-35-41(29(25)14-15-34)24-10-8-7-9-11-24/h7-13,16-19,28,38H,14-15,20,34H2,1-6H3,(H,36,42). The van der Waals surface area contributed by atoms with Crippen LogP contribution < -0.4 is 25.5 Å². The average Bonchev–Trinajstić information content (AvgIpc) is 3.64. The molecule has 1 aliphatic rings. The lowest BCUT2D eigenvalue weighted by molar-refractivity contribution is 0.102. The number of aromatic nitrogens is 2. The van der Waals surface area contributed by atoms with Crippen molar-refractivity contribution in [2.75, 3.05) is 41.5 Å². The van der Waals surface area contributed by atoms with Crippen LogP contribution in [0.5, 0.6) is 5.75 Å². The number of carbonyl (C=O) groups excluding carboxylic acids is 1. The molecule has 46 heavy (non-hydrogen) atoms. The number of ether oxygens (including phenoxy) is 1. The second-order valence-electron chi connectivity index (χ2n) is 12.3. The van der Waals surface area contributed by atoms with Gasteiger partial charge in [0.2, 0.25) is 10.0 Å². The van der Waals surface area contributed by atoms with Gasteiger partial charge in [0.05, 0.1) is 54.6 Å². The van der Waals surface area contributed by atoms with Crippen LogP contribution in [0.25, 0.3) is 5.69 Å². The lowest BCUT2D eigenvalue weighted by Crippen LogP contribution is -2.20. The zero-order valence-electron chi connectivity index (χ0n) is 26.9. The van der Waals surface area contributed by atoms with Gasteiger partial charge in [-0.3, -0.25) is 9.52 Å². The average molecular weight is 645 g/mol. The summed E-state index contributed by atoms with van der Waals surface area (Å²) in [4.78, 5) is 13.7. The summed E-state index contributed by atoms with van der Waals surface area (Å²) in [5.74, 6) is -0.183. The Morgan fingerprint density at radius 1 is 1.09 bits per heavy atom. The number of para-hydroxylation sites is 1. The second kappa shape index (κ2) is 12.9. The SMILES string of the molecule is COc1c(NC(=O)c2ccc(C)c(N3CC(c4cnn(-c5ccccc5)c4CCN)N=N3)c2)cc(C(C)(C)C)cc1NS(C)(=O)=O. The van der Waals surface area contributed by atoms with Crippen LogP contribution in [-0.4, -0.2) is 50.6 Å². The number of nitrogens with zero attached hydrogens (tertiary/aromatic N) is 5. The predicted molar refractivity (Wildman–Crippen MR) is 181 cm³/mol. The van der Waals surface area contributed by atoms with E-state index in [0.29, 0.717) is 30.8 Å². The number of amides is 1. The van der Waals surface area contributed by atoms with Crippen molar-refractivity contribution in [2.45, 2.75) is 45.6 Å². The van der Waals surface area contributed by atoms with E-state index in [4.69, 9.17) is 10.5 Å². The van der Waals surface area contributed by atoms with Crippen LogP contribution in [0.2, 0.25) is 0 Å². The van der Waals surface area contributed by atoms with Crippen molar-refractivity contribution in [2.24, 2.45) is 16.1 Å². The van der Waals surface area contributed by atoms with Gasteiger partial charge in [-0.2, -0.15) is 10.2 Å². The Balaban J connectivity index is 1.41. The first-order chi connectivity index (χ1) is 21.8. The Morgan fingerprint density at radius 2 is 1.80 bits per heavy atom. The monoisotopic (exact) mass is 644 g/mol. The van der Waals surface area contributed by atoms with Crippen molar-refractivity contribution in [1.29, 1.82) is 0 Å². The van der Waals surface area contributed by atoms with Gasteiger partial charge in [-0.1, -0.05) is 50.3 Å². The predicted octanol–water partition coefficient (Wildman–Crippen LogP) is 5.54. The highest BCUT2D eigenvalue weighted by Gasteiger charge is 2.29. The van der Waals surface area contributed by atoms with E-state index in [9.17, 15) is 13.2 Å². The van der Waals surface area contributed by atoms with Crippen molar-refractivity contribution in [3.63, 3.8) is 0 Å². The van der Waals surface area contributed by atoms with E-state index in [1.807, 2.05) is 75.0 Å². The number of rotatable bonds is 10. The molecule has 0 bridgehead atoms. The maximum Gasteiger partial charge on any atom is 0.255 e. The van der Waals surface area contributed by atoms with Gasteiger partial charge >= 0.3 is 0 Å². The first kappa shape index (κ1) is 32.6. The zero-order chi connectivity index (χ0) is 33.2. The van der Waals surface area contributed by atoms with Gasteiger partial charge in [0.25, 0.3) is 5.91 Å². The van der Waals surface area contributed by atoms with E-state index in [0.717, 1.165) is 40.0 Å². The normalized spacial score (nSPS) is 14.8. The third-order valence-electron chi connectivity index (χ3n) is 7.74. The molecule has 0 aliphatic carbocycles. The van der Waals surface area contributed by atoms with Gasteiger partial charge in [0.15, 0.2) is 5.75 Å². The summed E-state index contributed by atoms with van der Waals surface area (Å²) >= 11 is 0. The molecule has 13 heteroatoms. The van der Waals surface area contributed by atoms with Crippen LogP contribution in [0, 0.1) is 6.92 Å². The molecule has 1 aliphatic heterocycles. The molecule has 1 aromatic heterocycles. The third-order valence-corrected chi connectivity index (χ3v) is 8.33. The van der Waals surface area contributed by atoms with Gasteiger partial charge in [-0.05, 0) is 66.4 Å². The molecule has 242 valence electrons. The van der Waals surface area contributed by atoms with E-state index in [1.54, 1.807) is 29.3 Å². The summed E-state index contributed by atoms with van der Waals surface area (Å²) in [5, 5.41) is 18.4. The van der Waals surface area contributed by atoms with Crippen LogP contribution in [0.4, 0.5) is 17.1 Å². The Bertz CT molecular complexity index is 1880. The van der Waals surface area contributed by atoms with E-state index in [1.165, 1.54) is 7.11 Å². The molecule has 0 saturated heterocycles. The minimum atomic E-state index is -3.61. The number of nitrogens with one attached hydrogen (secondary N) is 2. The number of carbonyl (C=O) groups is 1. The number of benzene rings is 3. The number of aryl methyl sites for hydroxylation is 1. The second-order valence-corrected chi connectivity index (χ2v) is 14.1. The fraction of sp³-hybridized carbons (Fsp3) is 0.333. The van der Waals surface area contributed by atoms with Gasteiger partial charge in [0.1, 0.15) is 6.04 Å². The van der Waals surface area contributed by atoms with Crippen LogP contribution >= 0.6 is 0 Å². The van der Waals surface area contributed by atoms with Gasteiger partial charge < -0.3 is 15.8 Å². The summed E-state index contributed by atoms with van der Waals surface area (Å²) in [6.07, 6.45) is 3.52. The third kappa shape index (κ3) is 7.05. The van der Waals surface area contributed by atoms with Crippen molar-refractivity contribution >= 4 is 33.0 Å². The fourth-order valence-corrected chi connectivity index (χ4v) is 5.94. The molecule has 5 rings (SSSR count). The molecule has 0 radical (unpaired) electrons. The lowest BCUT2D eigenvalue weighted by atomic mass is 9.86. The number of anilines is 3. The zero-order valence-corrected chi connectivity index (χ0v) is 27.7. The number of sulfonamides is 1. The molecule has 4 aromatic rings. The first-order valence-electron chi connectivity index (χ1n) is 14.9. The highest BCUT2D eigenvalue weighted by atomic mass is 32.2. The number of hydrogen-bond acceptors (Lipinski definition) is 9. The quantitative estimate of drug-likeness (QED) is 0.205. The van der Waals surface area contributed by atoms with Crippen molar-refractivity contribution in [1.82, 2.24) is 9.78 Å². The maximum atomic E-state index is 13.7. The molecule has 0 saturated carbocycles. The number of methoxy groups -OCH3 is 1. The largest absolute Gasteiger partial charge is 0.492 e. The molecule has 2 heterocycles. The van der Waals surface area contributed by atoms with Crippen LogP contribution in [0.15, 0.2) is 77.2 Å². The van der Waals surface area contributed by atoms with Crippen molar-refractivity contribution in [3.8, 4) is 11.4 Å². The highest BCUT2D eigenvalue weighted by Crippen LogP contribution is 2.40. The Hall–Kier alpha value is -4.75. The fourth-order valence-electron chi connectivity index (χ4n) is 5.39. The van der Waals surface area contributed by atoms with Gasteiger partial charge in [-0.15, -0.1) is 0 Å². The van der Waals surface area contributed by atoms with Crippen molar-refractivity contribution in [3.05, 3.63) is 94.8 Å². The molecule has 1 unspecified atom stereocenters. The summed E-state index contributed by atoms with van der Waals surface area (Å²) in [6.45, 7) is 8.88. The van der Waals surface area contributed by atoms with Crippen molar-refractivity contribution < 1.29 is 17.9 Å². The van der Waals surface area contributed by atoms with E-state index in [-0.39, 0.29) is 22.9 Å². The summed E-state index contributed by atoms with van der Waals surface area (Å²) in [7, 11) is -2.18. The molecule has 0 fully saturated rings. The van der Waals surface area contributed by atoms with Gasteiger partial charge in [-0.25, -0.2) is 18.1 Å². The topological polar surface area (TPSA) is 156 Å². The number of hydrogen-bond donors (Lipinski definition) is 3. The lowest BCUT2D eigenvalue weighted by Gasteiger charge is -2.24. The Labute approximate surface area is 269 Å². The Kier molecular flexibility index (Phi) is 9.17. The van der Waals surface area contributed by atoms with E-state index < -0.39 is 15.9 Å². The molecule has 3 aromatic carbocycles. The summed E-state index contributed by atoms with van der Waals surface area (Å²) in [6, 6.07) is 18.5. The highest BCUT2D eigenvalue weighted by molar-refractivity contribution is 7.92. The smallest absolute Gasteiger partial charge is 0.255 e. The first-order valence-corrected chi connectivity index (χ1v) is 16.8. The maximum absolute atomic E-state index is 13.7. The molecule has 0 spiro atoms. The van der Waals surface area contributed by atoms with Gasteiger partial charge in [0, 0.05) is 17.5 Å².